The molecule has 2 rings (SSSR count). The predicted molar refractivity (Wildman–Crippen MR) is 65.5 cm³/mol. The van der Waals surface area contributed by atoms with E-state index in [0.717, 1.165) is 15.0 Å². The molecule has 0 radical (unpaired) electrons. The van der Waals surface area contributed by atoms with Crippen molar-refractivity contribution in [2.45, 2.75) is 6.61 Å². The molecule has 2 aromatic rings. The van der Waals surface area contributed by atoms with Gasteiger partial charge < -0.3 is 4.74 Å². The first-order valence-electron chi connectivity index (χ1n) is 4.48. The fraction of sp³-hybridized carbons (Fsp3) is 0.0909. The van der Waals surface area contributed by atoms with Gasteiger partial charge in [0.25, 0.3) is 0 Å². The number of hydrogen-bond acceptors (Lipinski definition) is 3. The minimum atomic E-state index is 0.487. The maximum absolute atomic E-state index is 5.53. The van der Waals surface area contributed by atoms with E-state index >= 15 is 0 Å². The molecule has 15 heavy (non-hydrogen) atoms. The number of halogens is 1. The van der Waals surface area contributed by atoms with E-state index in [1.54, 1.807) is 12.4 Å². The van der Waals surface area contributed by atoms with Crippen LogP contribution in [-0.4, -0.2) is 9.97 Å². The van der Waals surface area contributed by atoms with Crippen molar-refractivity contribution in [3.63, 3.8) is 0 Å². The lowest BCUT2D eigenvalue weighted by Gasteiger charge is -2.04. The molecule has 0 atom stereocenters. The highest BCUT2D eigenvalue weighted by Gasteiger charge is 1.96. The second kappa shape index (κ2) is 5.06. The lowest BCUT2D eigenvalue weighted by molar-refractivity contribution is 0.301. The highest BCUT2D eigenvalue weighted by Crippen LogP contribution is 2.10. The van der Waals surface area contributed by atoms with Crippen LogP contribution in [0.25, 0.3) is 0 Å². The Hall–Kier alpha value is -1.17. The Labute approximate surface area is 102 Å². The zero-order valence-corrected chi connectivity index (χ0v) is 10.1. The molecule has 0 aliphatic rings. The molecule has 0 bridgehead atoms. The van der Waals surface area contributed by atoms with Crippen LogP contribution in [0.2, 0.25) is 0 Å². The predicted octanol–water partition coefficient (Wildman–Crippen LogP) is 2.66. The van der Waals surface area contributed by atoms with Gasteiger partial charge in [0.05, 0.1) is 5.69 Å². The molecule has 0 N–H and O–H groups in total. The SMILES string of the molecule is Ic1ccc(COc2ccncc2)nc1. The minimum absolute atomic E-state index is 0.487. The first-order chi connectivity index (χ1) is 7.34. The normalized spacial score (nSPS) is 9.93. The maximum atomic E-state index is 5.53. The van der Waals surface area contributed by atoms with Crippen LogP contribution in [0.4, 0.5) is 0 Å². The molecular weight excluding hydrogens is 303 g/mol. The zero-order chi connectivity index (χ0) is 10.5. The first-order valence-corrected chi connectivity index (χ1v) is 5.56. The van der Waals surface area contributed by atoms with Crippen molar-refractivity contribution < 1.29 is 4.74 Å². The Morgan fingerprint density at radius 1 is 1.13 bits per heavy atom. The van der Waals surface area contributed by atoms with E-state index in [1.807, 2.05) is 30.5 Å². The van der Waals surface area contributed by atoms with Gasteiger partial charge in [-0.1, -0.05) is 0 Å². The van der Waals surface area contributed by atoms with Gasteiger partial charge in [0.1, 0.15) is 12.4 Å². The Bertz CT molecular complexity index is 416. The third kappa shape index (κ3) is 3.16. The fourth-order valence-electron chi connectivity index (χ4n) is 1.08. The van der Waals surface area contributed by atoms with E-state index in [4.69, 9.17) is 4.74 Å². The van der Waals surface area contributed by atoms with E-state index in [2.05, 4.69) is 32.6 Å². The second-order valence-corrected chi connectivity index (χ2v) is 4.18. The topological polar surface area (TPSA) is 35.0 Å². The summed E-state index contributed by atoms with van der Waals surface area (Å²) in [6.07, 6.45) is 5.24. The molecule has 76 valence electrons. The van der Waals surface area contributed by atoms with Crippen molar-refractivity contribution in [1.82, 2.24) is 9.97 Å². The first kappa shape index (κ1) is 10.4. The van der Waals surface area contributed by atoms with Crippen molar-refractivity contribution in [1.29, 1.82) is 0 Å². The molecule has 0 amide bonds. The van der Waals surface area contributed by atoms with E-state index in [1.165, 1.54) is 0 Å². The molecule has 0 saturated carbocycles. The molecule has 0 aliphatic carbocycles. The summed E-state index contributed by atoms with van der Waals surface area (Å²) in [5.41, 5.74) is 0.923. The van der Waals surface area contributed by atoms with E-state index in [0.29, 0.717) is 6.61 Å². The summed E-state index contributed by atoms with van der Waals surface area (Å²) in [6.45, 7) is 0.487. The van der Waals surface area contributed by atoms with Gasteiger partial charge in [-0.2, -0.15) is 0 Å². The smallest absolute Gasteiger partial charge is 0.130 e. The van der Waals surface area contributed by atoms with Crippen LogP contribution in [0.5, 0.6) is 5.75 Å². The van der Waals surface area contributed by atoms with Crippen LogP contribution < -0.4 is 4.74 Å². The van der Waals surface area contributed by atoms with Crippen molar-refractivity contribution in [2.24, 2.45) is 0 Å². The molecule has 3 nitrogen and oxygen atoms in total. The number of nitrogens with zero attached hydrogens (tertiary/aromatic N) is 2. The van der Waals surface area contributed by atoms with Crippen LogP contribution in [0.1, 0.15) is 5.69 Å². The van der Waals surface area contributed by atoms with Gasteiger partial charge in [-0.05, 0) is 46.9 Å². The van der Waals surface area contributed by atoms with Crippen LogP contribution in [-0.2, 0) is 6.61 Å². The highest BCUT2D eigenvalue weighted by molar-refractivity contribution is 14.1. The molecule has 2 heterocycles. The summed E-state index contributed by atoms with van der Waals surface area (Å²) in [5.74, 6) is 0.811. The number of rotatable bonds is 3. The molecular formula is C11H9IN2O. The molecule has 0 spiro atoms. The van der Waals surface area contributed by atoms with Crippen LogP contribution >= 0.6 is 22.6 Å². The fourth-order valence-corrected chi connectivity index (χ4v) is 1.40. The van der Waals surface area contributed by atoms with Crippen molar-refractivity contribution in [3.8, 4) is 5.75 Å². The van der Waals surface area contributed by atoms with Crippen LogP contribution in [0.15, 0.2) is 42.9 Å². The largest absolute Gasteiger partial charge is 0.487 e. The lowest BCUT2D eigenvalue weighted by Crippen LogP contribution is -1.97. The molecule has 0 aromatic carbocycles. The summed E-state index contributed by atoms with van der Waals surface area (Å²) in [6, 6.07) is 7.63. The van der Waals surface area contributed by atoms with E-state index < -0.39 is 0 Å². The summed E-state index contributed by atoms with van der Waals surface area (Å²) < 4.78 is 6.65. The zero-order valence-electron chi connectivity index (χ0n) is 7.93. The molecule has 0 fully saturated rings. The van der Waals surface area contributed by atoms with Gasteiger partial charge in [0, 0.05) is 22.2 Å². The molecule has 0 unspecified atom stereocenters. The Morgan fingerprint density at radius 3 is 2.60 bits per heavy atom. The van der Waals surface area contributed by atoms with Crippen molar-refractivity contribution in [2.75, 3.05) is 0 Å². The number of hydrogen-bond donors (Lipinski definition) is 0. The third-order valence-corrected chi connectivity index (χ3v) is 2.46. The summed E-state index contributed by atoms with van der Waals surface area (Å²) >= 11 is 2.22. The average Bonchev–Trinajstić information content (AvgIpc) is 2.30. The minimum Gasteiger partial charge on any atom is -0.487 e. The van der Waals surface area contributed by atoms with Crippen LogP contribution in [0, 0.1) is 3.57 Å². The quantitative estimate of drug-likeness (QED) is 0.817. The summed E-state index contributed by atoms with van der Waals surface area (Å²) in [5, 5.41) is 0. The molecule has 4 heteroatoms. The number of pyridine rings is 2. The van der Waals surface area contributed by atoms with Gasteiger partial charge >= 0.3 is 0 Å². The van der Waals surface area contributed by atoms with Gasteiger partial charge in [-0.15, -0.1) is 0 Å². The summed E-state index contributed by atoms with van der Waals surface area (Å²) in [4.78, 5) is 8.16. The van der Waals surface area contributed by atoms with E-state index in [9.17, 15) is 0 Å². The second-order valence-electron chi connectivity index (χ2n) is 2.94. The van der Waals surface area contributed by atoms with Gasteiger partial charge in [0.15, 0.2) is 0 Å². The monoisotopic (exact) mass is 312 g/mol. The Kier molecular flexibility index (Phi) is 3.49. The molecule has 0 aliphatic heterocycles. The van der Waals surface area contributed by atoms with Crippen molar-refractivity contribution >= 4 is 22.6 Å². The Balaban J connectivity index is 1.96. The number of aromatic nitrogens is 2. The van der Waals surface area contributed by atoms with Gasteiger partial charge in [0.2, 0.25) is 0 Å². The molecule has 0 saturated heterocycles. The third-order valence-electron chi connectivity index (χ3n) is 1.83. The van der Waals surface area contributed by atoms with Gasteiger partial charge in [-0.3, -0.25) is 9.97 Å². The standard InChI is InChI=1S/C11H9IN2O/c12-9-1-2-10(14-7-9)8-15-11-3-5-13-6-4-11/h1-7H,8H2. The van der Waals surface area contributed by atoms with Crippen molar-refractivity contribution in [3.05, 3.63) is 52.1 Å². The average molecular weight is 312 g/mol. The van der Waals surface area contributed by atoms with E-state index in [-0.39, 0.29) is 0 Å². The number of ether oxygens (including phenoxy) is 1. The Morgan fingerprint density at radius 2 is 1.93 bits per heavy atom. The lowest BCUT2D eigenvalue weighted by atomic mass is 10.4. The molecule has 2 aromatic heterocycles. The van der Waals surface area contributed by atoms with Gasteiger partial charge in [-0.25, -0.2) is 0 Å². The highest BCUT2D eigenvalue weighted by atomic mass is 127. The van der Waals surface area contributed by atoms with Crippen LogP contribution in [0.3, 0.4) is 0 Å². The maximum Gasteiger partial charge on any atom is 0.130 e. The summed E-state index contributed by atoms with van der Waals surface area (Å²) in [7, 11) is 0.